The van der Waals surface area contributed by atoms with Crippen molar-refractivity contribution in [3.8, 4) is 6.07 Å². The van der Waals surface area contributed by atoms with E-state index in [1.54, 1.807) is 30.3 Å². The summed E-state index contributed by atoms with van der Waals surface area (Å²) in [5.74, 6) is -0.791. The first-order chi connectivity index (χ1) is 12.4. The molecule has 0 atom stereocenters. The average molecular weight is 420 g/mol. The predicted octanol–water partition coefficient (Wildman–Crippen LogP) is 6.57. The molecule has 1 aliphatic rings. The first-order valence-corrected chi connectivity index (χ1v) is 8.28. The SMILES string of the molecule is N#C/C(Br)=C1\C(=C(F)c2ccccc2)\C1=C(\c1ccccc1)C(F)(F)F. The molecule has 0 N–H and O–H groups in total. The molecule has 6 heteroatoms. The Labute approximate surface area is 155 Å². The monoisotopic (exact) mass is 419 g/mol. The molecule has 1 aliphatic carbocycles. The fourth-order valence-electron chi connectivity index (χ4n) is 2.72. The largest absolute Gasteiger partial charge is 0.417 e. The fraction of sp³-hybridized carbons (Fsp3) is 0.0500. The van der Waals surface area contributed by atoms with E-state index in [4.69, 9.17) is 5.26 Å². The van der Waals surface area contributed by atoms with Gasteiger partial charge < -0.3 is 0 Å². The highest BCUT2D eigenvalue weighted by molar-refractivity contribution is 9.12. The number of nitrogens with zero attached hydrogens (tertiary/aromatic N) is 1. The highest BCUT2D eigenvalue weighted by Crippen LogP contribution is 2.58. The highest BCUT2D eigenvalue weighted by atomic mass is 79.9. The van der Waals surface area contributed by atoms with E-state index in [0.29, 0.717) is 0 Å². The molecule has 0 spiro atoms. The maximum absolute atomic E-state index is 14.9. The van der Waals surface area contributed by atoms with E-state index in [1.165, 1.54) is 36.4 Å². The number of allylic oxidation sites excluding steroid dienone is 5. The Morgan fingerprint density at radius 1 is 0.808 bits per heavy atom. The van der Waals surface area contributed by atoms with Crippen LogP contribution in [0, 0.1) is 11.3 Å². The lowest BCUT2D eigenvalue weighted by Crippen LogP contribution is -2.11. The molecule has 2 aromatic rings. The first-order valence-electron chi connectivity index (χ1n) is 7.49. The van der Waals surface area contributed by atoms with E-state index >= 15 is 0 Å². The number of nitriles is 1. The molecule has 0 amide bonds. The van der Waals surface area contributed by atoms with Crippen molar-refractivity contribution in [1.82, 2.24) is 0 Å². The number of benzene rings is 2. The number of halogens is 5. The van der Waals surface area contributed by atoms with Gasteiger partial charge in [-0.05, 0) is 21.5 Å². The Kier molecular flexibility index (Phi) is 4.84. The number of alkyl halides is 3. The van der Waals surface area contributed by atoms with Gasteiger partial charge in [0, 0.05) is 22.3 Å². The number of rotatable bonds is 2. The van der Waals surface area contributed by atoms with Crippen LogP contribution in [0.3, 0.4) is 0 Å². The molecule has 2 aromatic carbocycles. The summed E-state index contributed by atoms with van der Waals surface area (Å²) in [5.41, 5.74) is -1.42. The summed E-state index contributed by atoms with van der Waals surface area (Å²) in [6, 6.07) is 16.7. The molecule has 0 radical (unpaired) electrons. The zero-order valence-corrected chi connectivity index (χ0v) is 14.7. The van der Waals surface area contributed by atoms with Crippen molar-refractivity contribution in [3.05, 3.63) is 93.0 Å². The predicted molar refractivity (Wildman–Crippen MR) is 95.5 cm³/mol. The van der Waals surface area contributed by atoms with Crippen molar-refractivity contribution < 1.29 is 17.6 Å². The van der Waals surface area contributed by atoms with Gasteiger partial charge in [-0.25, -0.2) is 4.39 Å². The Morgan fingerprint density at radius 3 is 1.77 bits per heavy atom. The third-order valence-corrected chi connectivity index (χ3v) is 4.42. The molecule has 0 bridgehead atoms. The Hall–Kier alpha value is -2.65. The van der Waals surface area contributed by atoms with Crippen molar-refractivity contribution >= 4 is 27.3 Å². The van der Waals surface area contributed by atoms with Crippen LogP contribution in [0.2, 0.25) is 0 Å². The van der Waals surface area contributed by atoms with Crippen LogP contribution in [0.25, 0.3) is 11.4 Å². The van der Waals surface area contributed by atoms with Gasteiger partial charge in [0.25, 0.3) is 0 Å². The van der Waals surface area contributed by atoms with Gasteiger partial charge in [-0.3, -0.25) is 0 Å². The maximum Gasteiger partial charge on any atom is 0.417 e. The van der Waals surface area contributed by atoms with E-state index in [9.17, 15) is 17.6 Å². The van der Waals surface area contributed by atoms with Gasteiger partial charge >= 0.3 is 6.18 Å². The van der Waals surface area contributed by atoms with Crippen molar-refractivity contribution in [2.45, 2.75) is 6.18 Å². The fourth-order valence-corrected chi connectivity index (χ4v) is 3.11. The lowest BCUT2D eigenvalue weighted by Gasteiger charge is -2.11. The minimum Gasteiger partial charge on any atom is -0.206 e. The first kappa shape index (κ1) is 18.2. The smallest absolute Gasteiger partial charge is 0.206 e. The van der Waals surface area contributed by atoms with Crippen LogP contribution >= 0.6 is 15.9 Å². The van der Waals surface area contributed by atoms with E-state index in [-0.39, 0.29) is 32.3 Å². The molecule has 0 saturated heterocycles. The van der Waals surface area contributed by atoms with Crippen LogP contribution in [0.4, 0.5) is 17.6 Å². The van der Waals surface area contributed by atoms with Crippen LogP contribution in [-0.4, -0.2) is 6.18 Å². The molecule has 0 aromatic heterocycles. The zero-order valence-electron chi connectivity index (χ0n) is 13.1. The molecule has 1 nitrogen and oxygen atoms in total. The quantitative estimate of drug-likeness (QED) is 0.398. The summed E-state index contributed by atoms with van der Waals surface area (Å²) >= 11 is 2.95. The molecule has 1 saturated carbocycles. The van der Waals surface area contributed by atoms with Gasteiger partial charge in [0.2, 0.25) is 0 Å². The Bertz CT molecular complexity index is 978. The highest BCUT2D eigenvalue weighted by Gasteiger charge is 2.48. The van der Waals surface area contributed by atoms with Gasteiger partial charge in [0.1, 0.15) is 16.4 Å². The average Bonchev–Trinajstić information content (AvgIpc) is 3.35. The van der Waals surface area contributed by atoms with Gasteiger partial charge in [-0.2, -0.15) is 18.4 Å². The van der Waals surface area contributed by atoms with E-state index < -0.39 is 17.6 Å². The van der Waals surface area contributed by atoms with Crippen molar-refractivity contribution in [2.24, 2.45) is 0 Å². The van der Waals surface area contributed by atoms with Crippen LogP contribution in [0.5, 0.6) is 0 Å². The molecule has 3 rings (SSSR count). The van der Waals surface area contributed by atoms with Crippen LogP contribution < -0.4 is 0 Å². The van der Waals surface area contributed by atoms with Crippen LogP contribution in [0.1, 0.15) is 11.1 Å². The van der Waals surface area contributed by atoms with E-state index in [2.05, 4.69) is 15.9 Å². The van der Waals surface area contributed by atoms with E-state index in [1.807, 2.05) is 0 Å². The van der Waals surface area contributed by atoms with Crippen molar-refractivity contribution in [3.63, 3.8) is 0 Å². The second-order valence-electron chi connectivity index (χ2n) is 5.47. The normalized spacial score (nSPS) is 19.5. The molecule has 0 unspecified atom stereocenters. The molecular formula is C20H10BrF4N. The second kappa shape index (κ2) is 6.93. The third kappa shape index (κ3) is 3.35. The second-order valence-corrected chi connectivity index (χ2v) is 6.26. The van der Waals surface area contributed by atoms with Crippen LogP contribution in [-0.2, 0) is 0 Å². The summed E-state index contributed by atoms with van der Waals surface area (Å²) in [5, 5.41) is 9.08. The summed E-state index contributed by atoms with van der Waals surface area (Å²) in [4.78, 5) is 0. The zero-order chi connectivity index (χ0) is 18.9. The van der Waals surface area contributed by atoms with E-state index in [0.717, 1.165) is 0 Å². The molecular weight excluding hydrogens is 410 g/mol. The molecule has 1 fully saturated rings. The molecule has 0 aliphatic heterocycles. The topological polar surface area (TPSA) is 23.8 Å². The Balaban J connectivity index is 2.33. The minimum atomic E-state index is -4.70. The van der Waals surface area contributed by atoms with Crippen molar-refractivity contribution in [1.29, 1.82) is 5.26 Å². The maximum atomic E-state index is 14.9. The summed E-state index contributed by atoms with van der Waals surface area (Å²) in [7, 11) is 0. The van der Waals surface area contributed by atoms with Crippen LogP contribution in [0.15, 0.2) is 81.9 Å². The summed E-state index contributed by atoms with van der Waals surface area (Å²) < 4.78 is 56.0. The molecule has 130 valence electrons. The molecule has 0 heterocycles. The van der Waals surface area contributed by atoms with Gasteiger partial charge in [0.05, 0.1) is 5.57 Å². The van der Waals surface area contributed by atoms with Gasteiger partial charge in [0.15, 0.2) is 0 Å². The van der Waals surface area contributed by atoms with Gasteiger partial charge in [-0.15, -0.1) is 0 Å². The number of hydrogen-bond acceptors (Lipinski definition) is 1. The van der Waals surface area contributed by atoms with Crippen molar-refractivity contribution in [2.75, 3.05) is 0 Å². The summed E-state index contributed by atoms with van der Waals surface area (Å²) in [6.07, 6.45) is -4.70. The lowest BCUT2D eigenvalue weighted by molar-refractivity contribution is -0.0690. The minimum absolute atomic E-state index is 0.0509. The van der Waals surface area contributed by atoms with Gasteiger partial charge in [-0.1, -0.05) is 60.7 Å². The number of hydrogen-bond donors (Lipinski definition) is 0. The molecule has 26 heavy (non-hydrogen) atoms. The standard InChI is InChI=1S/C20H10BrF4N/c21-14(11-26)15-16(17(15)19(22)13-9-5-2-6-10-13)18(20(23,24)25)12-7-3-1-4-8-12/h1-10H/b15-14+,18-16-,19-17?. The summed E-state index contributed by atoms with van der Waals surface area (Å²) in [6.45, 7) is 0. The Morgan fingerprint density at radius 2 is 1.31 bits per heavy atom. The lowest BCUT2D eigenvalue weighted by atomic mass is 10.0. The third-order valence-electron chi connectivity index (χ3n) is 3.85.